The number of thiophene rings is 1. The average Bonchev–Trinajstić information content (AvgIpc) is 3.16. The summed E-state index contributed by atoms with van der Waals surface area (Å²) < 4.78 is 22.0. The molecule has 1 aliphatic heterocycles. The molecule has 0 saturated carbocycles. The molecule has 2 N–H and O–H groups in total. The molecule has 0 unspecified atom stereocenters. The standard InChI is InChI=1S/C18H26O7S/c1-2-24-18-14(3-6-22-8-9-23-7-5-19)15(13-4-10-26-12-13)11-16(25-18)17(20)21/h4,10-12,14-15,18-19H,2-3,5-9H2,1H3,(H,20,21)/t14-,15-,18-/m0/s1. The summed E-state index contributed by atoms with van der Waals surface area (Å²) >= 11 is 1.57. The molecule has 0 radical (unpaired) electrons. The second-order valence-electron chi connectivity index (χ2n) is 5.76. The zero-order chi connectivity index (χ0) is 18.8. The monoisotopic (exact) mass is 386 g/mol. The van der Waals surface area contributed by atoms with Gasteiger partial charge in [0.2, 0.25) is 12.0 Å². The van der Waals surface area contributed by atoms with E-state index in [-0.39, 0.29) is 24.2 Å². The van der Waals surface area contributed by atoms with Gasteiger partial charge in [-0.25, -0.2) is 4.79 Å². The van der Waals surface area contributed by atoms with Crippen LogP contribution in [0.2, 0.25) is 0 Å². The van der Waals surface area contributed by atoms with Crippen molar-refractivity contribution in [3.8, 4) is 0 Å². The van der Waals surface area contributed by atoms with Crippen LogP contribution in [0.15, 0.2) is 28.7 Å². The Morgan fingerprint density at radius 2 is 2.04 bits per heavy atom. The van der Waals surface area contributed by atoms with E-state index < -0.39 is 12.3 Å². The lowest BCUT2D eigenvalue weighted by molar-refractivity contribution is -0.174. The quantitative estimate of drug-likeness (QED) is 0.532. The van der Waals surface area contributed by atoms with E-state index in [0.29, 0.717) is 39.5 Å². The number of hydrogen-bond donors (Lipinski definition) is 2. The summed E-state index contributed by atoms with van der Waals surface area (Å²) in [6.07, 6.45) is 1.69. The Hall–Kier alpha value is -1.45. The molecule has 1 aromatic heterocycles. The minimum Gasteiger partial charge on any atom is -0.475 e. The molecule has 2 rings (SSSR count). The lowest BCUT2D eigenvalue weighted by Gasteiger charge is -2.36. The molecule has 8 heteroatoms. The molecule has 2 heterocycles. The summed E-state index contributed by atoms with van der Waals surface area (Å²) in [7, 11) is 0. The maximum Gasteiger partial charge on any atom is 0.370 e. The third-order valence-corrected chi connectivity index (χ3v) is 4.76. The van der Waals surface area contributed by atoms with Crippen molar-refractivity contribution in [3.05, 3.63) is 34.2 Å². The number of carbonyl (C=O) groups is 1. The lowest BCUT2D eigenvalue weighted by Crippen LogP contribution is -2.37. The molecular formula is C18H26O7S. The normalized spacial score (nSPS) is 22.7. The zero-order valence-corrected chi connectivity index (χ0v) is 15.7. The zero-order valence-electron chi connectivity index (χ0n) is 14.8. The third kappa shape index (κ3) is 6.07. The van der Waals surface area contributed by atoms with E-state index in [4.69, 9.17) is 24.1 Å². The van der Waals surface area contributed by atoms with Gasteiger partial charge < -0.3 is 29.2 Å². The van der Waals surface area contributed by atoms with Crippen molar-refractivity contribution in [2.75, 3.05) is 39.6 Å². The Balaban J connectivity index is 2.01. The highest BCUT2D eigenvalue weighted by atomic mass is 32.1. The molecule has 0 fully saturated rings. The minimum absolute atomic E-state index is 0.00395. The summed E-state index contributed by atoms with van der Waals surface area (Å²) in [6.45, 7) is 3.93. The first-order chi connectivity index (χ1) is 12.7. The Morgan fingerprint density at radius 3 is 2.65 bits per heavy atom. The van der Waals surface area contributed by atoms with Gasteiger partial charge in [-0.05, 0) is 41.8 Å². The van der Waals surface area contributed by atoms with Crippen LogP contribution in [-0.2, 0) is 23.7 Å². The molecule has 0 amide bonds. The molecule has 0 bridgehead atoms. The molecular weight excluding hydrogens is 360 g/mol. The van der Waals surface area contributed by atoms with Gasteiger partial charge in [-0.1, -0.05) is 0 Å². The van der Waals surface area contributed by atoms with Crippen LogP contribution in [0.25, 0.3) is 0 Å². The van der Waals surface area contributed by atoms with E-state index in [1.807, 2.05) is 23.8 Å². The van der Waals surface area contributed by atoms with Crippen molar-refractivity contribution in [2.24, 2.45) is 5.92 Å². The van der Waals surface area contributed by atoms with Crippen LogP contribution >= 0.6 is 11.3 Å². The molecule has 26 heavy (non-hydrogen) atoms. The van der Waals surface area contributed by atoms with Crippen molar-refractivity contribution >= 4 is 17.3 Å². The smallest absolute Gasteiger partial charge is 0.370 e. The van der Waals surface area contributed by atoms with Crippen LogP contribution in [0.1, 0.15) is 24.8 Å². The van der Waals surface area contributed by atoms with E-state index in [9.17, 15) is 9.90 Å². The molecule has 1 aromatic rings. The third-order valence-electron chi connectivity index (χ3n) is 4.06. The summed E-state index contributed by atoms with van der Waals surface area (Å²) in [5.41, 5.74) is 1.05. The maximum absolute atomic E-state index is 11.4. The van der Waals surface area contributed by atoms with E-state index in [1.165, 1.54) is 0 Å². The number of hydrogen-bond acceptors (Lipinski definition) is 7. The molecule has 0 aromatic carbocycles. The van der Waals surface area contributed by atoms with Crippen molar-refractivity contribution in [2.45, 2.75) is 25.6 Å². The average molecular weight is 386 g/mol. The van der Waals surface area contributed by atoms with Gasteiger partial charge in [0.1, 0.15) is 0 Å². The molecule has 3 atom stereocenters. The number of ether oxygens (including phenoxy) is 4. The Bertz CT molecular complexity index is 558. The highest BCUT2D eigenvalue weighted by Gasteiger charge is 2.38. The summed E-state index contributed by atoms with van der Waals surface area (Å²) in [5.74, 6) is -1.32. The number of aliphatic hydroxyl groups is 1. The van der Waals surface area contributed by atoms with Crippen LogP contribution in [-0.4, -0.2) is 62.1 Å². The minimum atomic E-state index is -1.09. The van der Waals surface area contributed by atoms with Crippen molar-refractivity contribution in [3.63, 3.8) is 0 Å². The first kappa shape index (κ1) is 20.9. The predicted octanol–water partition coefficient (Wildman–Crippen LogP) is 2.22. The molecule has 0 spiro atoms. The molecule has 146 valence electrons. The SMILES string of the molecule is CCO[C@H]1OC(C(=O)O)=C[C@@H](c2ccsc2)[C@@H]1CCOCCOCCO. The van der Waals surface area contributed by atoms with E-state index >= 15 is 0 Å². The van der Waals surface area contributed by atoms with Gasteiger partial charge in [0.05, 0.1) is 26.4 Å². The Kier molecular flexibility index (Phi) is 9.07. The highest BCUT2D eigenvalue weighted by molar-refractivity contribution is 7.08. The first-order valence-electron chi connectivity index (χ1n) is 8.69. The number of aliphatic carboxylic acids is 1. The van der Waals surface area contributed by atoms with Crippen LogP contribution in [0.3, 0.4) is 0 Å². The van der Waals surface area contributed by atoms with Crippen molar-refractivity contribution in [1.29, 1.82) is 0 Å². The van der Waals surface area contributed by atoms with E-state index in [0.717, 1.165) is 5.56 Å². The fraction of sp³-hybridized carbons (Fsp3) is 0.611. The van der Waals surface area contributed by atoms with E-state index in [1.54, 1.807) is 17.4 Å². The first-order valence-corrected chi connectivity index (χ1v) is 9.63. The predicted molar refractivity (Wildman–Crippen MR) is 96.1 cm³/mol. The molecule has 0 aliphatic carbocycles. The van der Waals surface area contributed by atoms with Gasteiger partial charge in [-0.3, -0.25) is 0 Å². The fourth-order valence-corrected chi connectivity index (χ4v) is 3.59. The van der Waals surface area contributed by atoms with Gasteiger partial charge in [-0.2, -0.15) is 11.3 Å². The number of carboxylic acids is 1. The second kappa shape index (κ2) is 11.3. The largest absolute Gasteiger partial charge is 0.475 e. The van der Waals surface area contributed by atoms with Gasteiger partial charge in [0.25, 0.3) is 0 Å². The van der Waals surface area contributed by atoms with Gasteiger partial charge in [0.15, 0.2) is 0 Å². The summed E-state index contributed by atoms with van der Waals surface area (Å²) in [4.78, 5) is 11.4. The summed E-state index contributed by atoms with van der Waals surface area (Å²) in [6, 6.07) is 2.00. The number of allylic oxidation sites excluding steroid dienone is 1. The molecule has 1 aliphatic rings. The Morgan fingerprint density at radius 1 is 1.27 bits per heavy atom. The summed E-state index contributed by atoms with van der Waals surface area (Å²) in [5, 5.41) is 22.0. The highest BCUT2D eigenvalue weighted by Crippen LogP contribution is 2.39. The number of aliphatic hydroxyl groups excluding tert-OH is 1. The van der Waals surface area contributed by atoms with E-state index in [2.05, 4.69) is 0 Å². The molecule has 0 saturated heterocycles. The van der Waals surface area contributed by atoms with Gasteiger partial charge >= 0.3 is 5.97 Å². The number of carboxylic acid groups (broad SMARTS) is 1. The van der Waals surface area contributed by atoms with Crippen molar-refractivity contribution in [1.82, 2.24) is 0 Å². The second-order valence-corrected chi connectivity index (χ2v) is 6.54. The van der Waals surface area contributed by atoms with Crippen molar-refractivity contribution < 1.29 is 34.0 Å². The number of rotatable bonds is 12. The van der Waals surface area contributed by atoms with Crippen LogP contribution in [0, 0.1) is 5.92 Å². The molecule has 7 nitrogen and oxygen atoms in total. The Labute approximate surface area is 157 Å². The van der Waals surface area contributed by atoms with Gasteiger partial charge in [-0.15, -0.1) is 0 Å². The van der Waals surface area contributed by atoms with Crippen LogP contribution < -0.4 is 0 Å². The fourth-order valence-electron chi connectivity index (χ4n) is 2.88. The van der Waals surface area contributed by atoms with Crippen LogP contribution in [0.4, 0.5) is 0 Å². The lowest BCUT2D eigenvalue weighted by atomic mass is 9.82. The topological polar surface area (TPSA) is 94.5 Å². The maximum atomic E-state index is 11.4. The van der Waals surface area contributed by atoms with Gasteiger partial charge in [0, 0.05) is 25.0 Å². The van der Waals surface area contributed by atoms with Crippen LogP contribution in [0.5, 0.6) is 0 Å².